The van der Waals surface area contributed by atoms with Crippen LogP contribution in [0.2, 0.25) is 5.15 Å². The average molecular weight is 656 g/mol. The standard InChI is InChI=1S/C36H38ClN5O3S/c37-31-25-32(40-17-15-36(16-18-40)44-23-24-45-36)39-35(38-31)46-26-27-11-13-30(14-12-27)34(43)42-21-19-41(20-22-42)33(28-7-3-1-4-8-28)29-9-5-2-6-10-29/h1-14,25,33H,15-24,26H2. The van der Waals surface area contributed by atoms with Crippen LogP contribution in [0.4, 0.5) is 5.82 Å². The molecule has 3 saturated heterocycles. The van der Waals surface area contributed by atoms with Crippen LogP contribution in [0, 0.1) is 0 Å². The summed E-state index contributed by atoms with van der Waals surface area (Å²) in [6.45, 7) is 5.93. The van der Waals surface area contributed by atoms with E-state index in [0.717, 1.165) is 50.4 Å². The molecule has 4 heterocycles. The third-order valence-electron chi connectivity index (χ3n) is 9.09. The summed E-state index contributed by atoms with van der Waals surface area (Å²) in [5.74, 6) is 1.16. The number of aromatic nitrogens is 2. The number of thioether (sulfide) groups is 1. The molecule has 0 saturated carbocycles. The monoisotopic (exact) mass is 655 g/mol. The van der Waals surface area contributed by atoms with Gasteiger partial charge in [-0.05, 0) is 28.8 Å². The van der Waals surface area contributed by atoms with E-state index in [9.17, 15) is 4.79 Å². The number of amides is 1. The molecule has 0 N–H and O–H groups in total. The van der Waals surface area contributed by atoms with Gasteiger partial charge in [-0.25, -0.2) is 9.97 Å². The second-order valence-corrected chi connectivity index (χ2v) is 13.3. The van der Waals surface area contributed by atoms with E-state index >= 15 is 0 Å². The quantitative estimate of drug-likeness (QED) is 0.124. The first kappa shape index (κ1) is 31.1. The number of benzene rings is 3. The van der Waals surface area contributed by atoms with E-state index in [2.05, 4.69) is 75.4 Å². The minimum Gasteiger partial charge on any atom is -0.356 e. The molecular formula is C36H38ClN5O3S. The fraction of sp³-hybridized carbons (Fsp3) is 0.361. The van der Waals surface area contributed by atoms with Crippen LogP contribution in [-0.2, 0) is 15.2 Å². The molecule has 4 aromatic rings. The Hall–Kier alpha value is -3.47. The van der Waals surface area contributed by atoms with Gasteiger partial charge >= 0.3 is 0 Å². The third kappa shape index (κ3) is 7.09. The summed E-state index contributed by atoms with van der Waals surface area (Å²) in [5.41, 5.74) is 4.36. The van der Waals surface area contributed by atoms with Gasteiger partial charge < -0.3 is 19.3 Å². The molecule has 0 unspecified atom stereocenters. The summed E-state index contributed by atoms with van der Waals surface area (Å²) in [4.78, 5) is 29.4. The Morgan fingerprint density at radius 3 is 2.02 bits per heavy atom. The molecule has 3 fully saturated rings. The molecule has 10 heteroatoms. The minimum absolute atomic E-state index is 0.0781. The molecule has 3 aromatic carbocycles. The van der Waals surface area contributed by atoms with E-state index in [1.54, 1.807) is 11.8 Å². The largest absolute Gasteiger partial charge is 0.356 e. The van der Waals surface area contributed by atoms with Crippen molar-refractivity contribution in [1.29, 1.82) is 0 Å². The minimum atomic E-state index is -0.430. The fourth-order valence-corrected chi connectivity index (χ4v) is 7.65. The van der Waals surface area contributed by atoms with Gasteiger partial charge in [-0.2, -0.15) is 0 Å². The van der Waals surface area contributed by atoms with Gasteiger partial charge in [0.05, 0.1) is 19.3 Å². The van der Waals surface area contributed by atoms with Crippen LogP contribution in [0.25, 0.3) is 0 Å². The zero-order valence-corrected chi connectivity index (χ0v) is 27.3. The van der Waals surface area contributed by atoms with Gasteiger partial charge in [-0.3, -0.25) is 9.69 Å². The first-order valence-electron chi connectivity index (χ1n) is 16.0. The lowest BCUT2D eigenvalue weighted by Crippen LogP contribution is -2.49. The Balaban J connectivity index is 0.937. The van der Waals surface area contributed by atoms with Gasteiger partial charge in [0.15, 0.2) is 10.9 Å². The predicted octanol–water partition coefficient (Wildman–Crippen LogP) is 6.31. The molecule has 3 aliphatic rings. The Morgan fingerprint density at radius 2 is 1.41 bits per heavy atom. The molecule has 8 nitrogen and oxygen atoms in total. The van der Waals surface area contributed by atoms with Crippen LogP contribution in [-0.4, -0.2) is 83.9 Å². The fourth-order valence-electron chi connectivity index (χ4n) is 6.62. The highest BCUT2D eigenvalue weighted by Gasteiger charge is 2.40. The SMILES string of the molecule is O=C(c1ccc(CSc2nc(Cl)cc(N3CCC4(CC3)OCCO4)n2)cc1)N1CCN(C(c2ccccc2)c2ccccc2)CC1. The van der Waals surface area contributed by atoms with E-state index in [-0.39, 0.29) is 11.9 Å². The summed E-state index contributed by atoms with van der Waals surface area (Å²) in [5, 5.41) is 1.07. The van der Waals surface area contributed by atoms with Gasteiger partial charge in [-0.1, -0.05) is 96.2 Å². The van der Waals surface area contributed by atoms with Crippen molar-refractivity contribution >= 4 is 35.1 Å². The van der Waals surface area contributed by atoms with Gasteiger partial charge in [0.25, 0.3) is 5.91 Å². The topological polar surface area (TPSA) is 71.0 Å². The number of nitrogens with zero attached hydrogens (tertiary/aromatic N) is 5. The van der Waals surface area contributed by atoms with E-state index in [1.165, 1.54) is 11.1 Å². The summed E-state index contributed by atoms with van der Waals surface area (Å²) in [6, 6.07) is 31.2. The van der Waals surface area contributed by atoms with Crippen molar-refractivity contribution in [1.82, 2.24) is 19.8 Å². The number of hydrogen-bond donors (Lipinski definition) is 0. The smallest absolute Gasteiger partial charge is 0.253 e. The van der Waals surface area contributed by atoms with Crippen molar-refractivity contribution in [3.63, 3.8) is 0 Å². The zero-order valence-electron chi connectivity index (χ0n) is 25.8. The van der Waals surface area contributed by atoms with Gasteiger partial charge in [-0.15, -0.1) is 0 Å². The van der Waals surface area contributed by atoms with E-state index in [0.29, 0.717) is 47.9 Å². The maximum atomic E-state index is 13.5. The molecule has 46 heavy (non-hydrogen) atoms. The molecule has 238 valence electrons. The number of piperidine rings is 1. The Morgan fingerprint density at radius 1 is 0.804 bits per heavy atom. The molecule has 0 bridgehead atoms. The number of anilines is 1. The highest BCUT2D eigenvalue weighted by atomic mass is 35.5. The van der Waals surface area contributed by atoms with Gasteiger partial charge in [0, 0.05) is 69.5 Å². The van der Waals surface area contributed by atoms with Crippen LogP contribution >= 0.6 is 23.4 Å². The summed E-state index contributed by atoms with van der Waals surface area (Å²) in [6.07, 6.45) is 1.61. The summed E-state index contributed by atoms with van der Waals surface area (Å²) < 4.78 is 11.7. The first-order valence-corrected chi connectivity index (χ1v) is 17.3. The maximum Gasteiger partial charge on any atom is 0.253 e. The predicted molar refractivity (Wildman–Crippen MR) is 181 cm³/mol. The molecule has 0 aliphatic carbocycles. The number of ether oxygens (including phenoxy) is 2. The highest BCUT2D eigenvalue weighted by Crippen LogP contribution is 2.34. The molecular weight excluding hydrogens is 618 g/mol. The lowest BCUT2D eigenvalue weighted by molar-refractivity contribution is -0.169. The average Bonchev–Trinajstić information content (AvgIpc) is 3.56. The lowest BCUT2D eigenvalue weighted by atomic mass is 9.96. The number of hydrogen-bond acceptors (Lipinski definition) is 8. The number of rotatable bonds is 8. The van der Waals surface area contributed by atoms with Crippen LogP contribution in [0.15, 0.2) is 96.2 Å². The van der Waals surface area contributed by atoms with Crippen LogP contribution in [0.5, 0.6) is 0 Å². The molecule has 0 radical (unpaired) electrons. The number of piperazine rings is 1. The van der Waals surface area contributed by atoms with Crippen molar-refractivity contribution in [2.75, 3.05) is 57.4 Å². The van der Waals surface area contributed by atoms with Crippen LogP contribution in [0.3, 0.4) is 0 Å². The summed E-state index contributed by atoms with van der Waals surface area (Å²) in [7, 11) is 0. The molecule has 1 aromatic heterocycles. The first-order chi connectivity index (χ1) is 22.6. The second kappa shape index (κ2) is 14.1. The Bertz CT molecular complexity index is 1560. The molecule has 1 spiro atoms. The lowest BCUT2D eigenvalue weighted by Gasteiger charge is -2.39. The summed E-state index contributed by atoms with van der Waals surface area (Å²) >= 11 is 7.95. The molecule has 7 rings (SSSR count). The van der Waals surface area contributed by atoms with Crippen molar-refractivity contribution in [3.8, 4) is 0 Å². The van der Waals surface area contributed by atoms with E-state index < -0.39 is 5.79 Å². The van der Waals surface area contributed by atoms with Crippen LogP contribution in [0.1, 0.15) is 45.9 Å². The molecule has 1 amide bonds. The van der Waals surface area contributed by atoms with Crippen molar-refractivity contribution < 1.29 is 14.3 Å². The number of halogens is 1. The highest BCUT2D eigenvalue weighted by molar-refractivity contribution is 7.98. The number of carbonyl (C=O) groups is 1. The van der Waals surface area contributed by atoms with Gasteiger partial charge in [0.1, 0.15) is 11.0 Å². The normalized spacial score (nSPS) is 18.4. The van der Waals surface area contributed by atoms with Crippen molar-refractivity contribution in [2.24, 2.45) is 0 Å². The second-order valence-electron chi connectivity index (χ2n) is 12.0. The van der Waals surface area contributed by atoms with Crippen LogP contribution < -0.4 is 4.90 Å². The maximum absolute atomic E-state index is 13.5. The van der Waals surface area contributed by atoms with Crippen molar-refractivity contribution in [2.45, 2.75) is 35.6 Å². The number of carbonyl (C=O) groups excluding carboxylic acids is 1. The zero-order chi connectivity index (χ0) is 31.3. The molecule has 0 atom stereocenters. The van der Waals surface area contributed by atoms with Gasteiger partial charge in [0.2, 0.25) is 0 Å². The van der Waals surface area contributed by atoms with E-state index in [1.807, 2.05) is 35.2 Å². The molecule has 3 aliphatic heterocycles. The van der Waals surface area contributed by atoms with E-state index in [4.69, 9.17) is 26.1 Å². The van der Waals surface area contributed by atoms with Crippen molar-refractivity contribution in [3.05, 3.63) is 118 Å². The Labute approximate surface area is 279 Å². The third-order valence-corrected chi connectivity index (χ3v) is 10.2. The Kier molecular flexibility index (Phi) is 9.55.